The smallest absolute Gasteiger partial charge is 0.416 e. The summed E-state index contributed by atoms with van der Waals surface area (Å²) >= 11 is 7.14. The lowest BCUT2D eigenvalue weighted by molar-refractivity contribution is -0.137. The molecule has 0 aliphatic carbocycles. The van der Waals surface area contributed by atoms with Crippen molar-refractivity contribution in [1.82, 2.24) is 4.98 Å². The number of benzene rings is 1. The van der Waals surface area contributed by atoms with Crippen LogP contribution in [0.4, 0.5) is 13.2 Å². The van der Waals surface area contributed by atoms with Gasteiger partial charge in [0, 0.05) is 10.4 Å². The quantitative estimate of drug-likeness (QED) is 0.768. The standard InChI is InChI=1S/C12H9ClF3NS.ClH/c1-7-10(6-13)18-11(17-7)8-2-4-9(5-3-8)12(14,15)16;/h2-5H,6H2,1H3;1H/p-1. The van der Waals surface area contributed by atoms with Gasteiger partial charge >= 0.3 is 6.18 Å². The molecule has 0 bridgehead atoms. The van der Waals surface area contributed by atoms with Crippen molar-refractivity contribution in [3.63, 3.8) is 0 Å². The second-order valence-electron chi connectivity index (χ2n) is 3.74. The van der Waals surface area contributed by atoms with E-state index in [2.05, 4.69) is 4.98 Å². The minimum absolute atomic E-state index is 0. The van der Waals surface area contributed by atoms with Gasteiger partial charge in [0.25, 0.3) is 0 Å². The average Bonchev–Trinajstić information content (AvgIpc) is 2.69. The molecule has 0 saturated heterocycles. The van der Waals surface area contributed by atoms with Crippen molar-refractivity contribution in [2.45, 2.75) is 19.0 Å². The number of halogens is 5. The Bertz CT molecular complexity index is 549. The van der Waals surface area contributed by atoms with Gasteiger partial charge in [-0.15, -0.1) is 22.9 Å². The summed E-state index contributed by atoms with van der Waals surface area (Å²) in [5.41, 5.74) is 0.842. The highest BCUT2D eigenvalue weighted by molar-refractivity contribution is 7.15. The molecule has 1 heterocycles. The normalized spacial score (nSPS) is 11.2. The first-order valence-electron chi connectivity index (χ1n) is 5.11. The van der Waals surface area contributed by atoms with Gasteiger partial charge < -0.3 is 12.4 Å². The van der Waals surface area contributed by atoms with Crippen molar-refractivity contribution in [3.8, 4) is 10.6 Å². The second-order valence-corrected chi connectivity index (χ2v) is 5.09. The number of rotatable bonds is 2. The summed E-state index contributed by atoms with van der Waals surface area (Å²) in [4.78, 5) is 5.23. The van der Waals surface area contributed by atoms with Gasteiger partial charge in [0.1, 0.15) is 5.01 Å². The Kier molecular flexibility index (Phi) is 5.24. The van der Waals surface area contributed by atoms with Crippen molar-refractivity contribution in [2.24, 2.45) is 0 Å². The van der Waals surface area contributed by atoms with Gasteiger partial charge in [-0.05, 0) is 19.1 Å². The van der Waals surface area contributed by atoms with Crippen molar-refractivity contribution in [3.05, 3.63) is 40.4 Å². The van der Waals surface area contributed by atoms with Crippen LogP contribution in [-0.2, 0) is 12.1 Å². The highest BCUT2D eigenvalue weighted by Crippen LogP contribution is 2.33. The van der Waals surface area contributed by atoms with Crippen LogP contribution >= 0.6 is 22.9 Å². The molecule has 7 heteroatoms. The fourth-order valence-corrected chi connectivity index (χ4v) is 2.75. The van der Waals surface area contributed by atoms with Crippen LogP contribution in [0.2, 0.25) is 0 Å². The number of aromatic nitrogens is 1. The molecule has 0 aliphatic rings. The lowest BCUT2D eigenvalue weighted by Crippen LogP contribution is -3.00. The number of hydrogen-bond acceptors (Lipinski definition) is 2. The van der Waals surface area contributed by atoms with E-state index in [1.54, 1.807) is 0 Å². The molecule has 1 aromatic heterocycles. The molecule has 2 rings (SSSR count). The van der Waals surface area contributed by atoms with Gasteiger partial charge in [-0.2, -0.15) is 13.2 Å². The Morgan fingerprint density at radius 1 is 1.21 bits per heavy atom. The molecule has 0 fully saturated rings. The predicted molar refractivity (Wildman–Crippen MR) is 66.8 cm³/mol. The Hall–Kier alpha value is -0.780. The molecule has 0 saturated carbocycles. The van der Waals surface area contributed by atoms with E-state index in [4.69, 9.17) is 11.6 Å². The third-order valence-corrected chi connectivity index (χ3v) is 4.11. The van der Waals surface area contributed by atoms with Gasteiger partial charge in [-0.1, -0.05) is 12.1 Å². The van der Waals surface area contributed by atoms with Crippen molar-refractivity contribution >= 4 is 22.9 Å². The SMILES string of the molecule is Cc1nc(-c2ccc(C(F)(F)F)cc2)sc1CCl.[Cl-]. The van der Waals surface area contributed by atoms with E-state index in [0.29, 0.717) is 16.5 Å². The summed E-state index contributed by atoms with van der Waals surface area (Å²) in [5, 5.41) is 0.692. The van der Waals surface area contributed by atoms with Crippen LogP contribution in [0.15, 0.2) is 24.3 Å². The van der Waals surface area contributed by atoms with Crippen LogP contribution < -0.4 is 12.4 Å². The van der Waals surface area contributed by atoms with E-state index in [9.17, 15) is 13.2 Å². The topological polar surface area (TPSA) is 12.9 Å². The van der Waals surface area contributed by atoms with Gasteiger partial charge in [0.15, 0.2) is 0 Å². The Morgan fingerprint density at radius 2 is 1.79 bits per heavy atom. The largest absolute Gasteiger partial charge is 1.00 e. The van der Waals surface area contributed by atoms with Gasteiger partial charge in [-0.25, -0.2) is 4.98 Å². The molecule has 1 aromatic carbocycles. The summed E-state index contributed by atoms with van der Waals surface area (Å²) in [6.07, 6.45) is -4.31. The molecule has 0 spiro atoms. The third kappa shape index (κ3) is 3.61. The van der Waals surface area contributed by atoms with Crippen LogP contribution in [0, 0.1) is 6.92 Å². The molecule has 0 amide bonds. The van der Waals surface area contributed by atoms with Crippen molar-refractivity contribution < 1.29 is 25.6 Å². The minimum atomic E-state index is -4.31. The summed E-state index contributed by atoms with van der Waals surface area (Å²) in [6.45, 7) is 1.84. The fourth-order valence-electron chi connectivity index (χ4n) is 1.48. The van der Waals surface area contributed by atoms with Crippen LogP contribution in [0.3, 0.4) is 0 Å². The lowest BCUT2D eigenvalue weighted by Gasteiger charge is -2.06. The van der Waals surface area contributed by atoms with E-state index < -0.39 is 11.7 Å². The molecule has 0 aliphatic heterocycles. The van der Waals surface area contributed by atoms with Gasteiger partial charge in [-0.3, -0.25) is 0 Å². The molecule has 0 atom stereocenters. The van der Waals surface area contributed by atoms with Crippen LogP contribution in [0.5, 0.6) is 0 Å². The van der Waals surface area contributed by atoms with E-state index in [1.165, 1.54) is 23.5 Å². The van der Waals surface area contributed by atoms with Gasteiger partial charge in [0.05, 0.1) is 17.1 Å². The van der Waals surface area contributed by atoms with E-state index in [-0.39, 0.29) is 12.4 Å². The minimum Gasteiger partial charge on any atom is -1.00 e. The highest BCUT2D eigenvalue weighted by atomic mass is 35.5. The van der Waals surface area contributed by atoms with Crippen LogP contribution in [0.1, 0.15) is 16.1 Å². The molecule has 0 N–H and O–H groups in total. The van der Waals surface area contributed by atoms with Crippen molar-refractivity contribution in [2.75, 3.05) is 0 Å². The third-order valence-electron chi connectivity index (χ3n) is 2.47. The summed E-state index contributed by atoms with van der Waals surface area (Å²) in [6, 6.07) is 4.98. The fraction of sp³-hybridized carbons (Fsp3) is 0.250. The molecule has 104 valence electrons. The average molecular weight is 327 g/mol. The first-order chi connectivity index (χ1) is 8.41. The van der Waals surface area contributed by atoms with E-state index in [1.807, 2.05) is 6.92 Å². The molecule has 19 heavy (non-hydrogen) atoms. The predicted octanol–water partition coefficient (Wildman–Crippen LogP) is 1.88. The number of aryl methyl sites for hydroxylation is 1. The molecule has 0 radical (unpaired) electrons. The first-order valence-corrected chi connectivity index (χ1v) is 6.47. The first kappa shape index (κ1) is 16.3. The summed E-state index contributed by atoms with van der Waals surface area (Å²) in [5.74, 6) is 0.365. The van der Waals surface area contributed by atoms with Gasteiger partial charge in [0.2, 0.25) is 0 Å². The summed E-state index contributed by atoms with van der Waals surface area (Å²) < 4.78 is 37.2. The number of hydrogen-bond donors (Lipinski definition) is 0. The number of alkyl halides is 4. The van der Waals surface area contributed by atoms with E-state index >= 15 is 0 Å². The maximum absolute atomic E-state index is 12.4. The zero-order valence-electron chi connectivity index (χ0n) is 9.76. The Balaban J connectivity index is 0.00000180. The molecule has 0 unspecified atom stereocenters. The van der Waals surface area contributed by atoms with Crippen LogP contribution in [-0.4, -0.2) is 4.98 Å². The second kappa shape index (κ2) is 6.11. The molecule has 2 aromatic rings. The Morgan fingerprint density at radius 3 is 2.21 bits per heavy atom. The molecular weight excluding hydrogens is 318 g/mol. The summed E-state index contributed by atoms with van der Waals surface area (Å²) in [7, 11) is 0. The van der Waals surface area contributed by atoms with E-state index in [0.717, 1.165) is 22.7 Å². The highest BCUT2D eigenvalue weighted by Gasteiger charge is 2.30. The zero-order chi connectivity index (χ0) is 13.3. The Labute approximate surface area is 123 Å². The molecular formula is C12H9Cl2F3NS-. The maximum Gasteiger partial charge on any atom is 0.416 e. The van der Waals surface area contributed by atoms with Crippen LogP contribution in [0.25, 0.3) is 10.6 Å². The maximum atomic E-state index is 12.4. The zero-order valence-corrected chi connectivity index (χ0v) is 12.1. The monoisotopic (exact) mass is 326 g/mol. The molecule has 1 nitrogen and oxygen atoms in total. The lowest BCUT2D eigenvalue weighted by atomic mass is 10.1. The number of nitrogens with zero attached hydrogens (tertiary/aromatic N) is 1. The van der Waals surface area contributed by atoms with Crippen molar-refractivity contribution in [1.29, 1.82) is 0 Å². The number of thiazole rings is 1.